The van der Waals surface area contributed by atoms with E-state index in [4.69, 9.17) is 0 Å². The summed E-state index contributed by atoms with van der Waals surface area (Å²) in [4.78, 5) is 13.4. The Morgan fingerprint density at radius 3 is 2.87 bits per heavy atom. The molecule has 2 aliphatic rings. The minimum absolute atomic E-state index is 0.251. The highest BCUT2D eigenvalue weighted by atomic mass is 16.2. The van der Waals surface area contributed by atoms with Crippen LogP contribution >= 0.6 is 0 Å². The van der Waals surface area contributed by atoms with Crippen LogP contribution in [-0.2, 0) is 11.2 Å². The molecule has 0 saturated carbocycles. The first-order valence-corrected chi connectivity index (χ1v) is 5.34. The fourth-order valence-electron chi connectivity index (χ4n) is 2.56. The summed E-state index contributed by atoms with van der Waals surface area (Å²) in [7, 11) is 1.89. The van der Waals surface area contributed by atoms with Gasteiger partial charge < -0.3 is 4.90 Å². The van der Waals surface area contributed by atoms with Crippen molar-refractivity contribution < 1.29 is 4.79 Å². The third-order valence-corrected chi connectivity index (χ3v) is 3.42. The third-order valence-electron chi connectivity index (χ3n) is 3.42. The second-order valence-corrected chi connectivity index (χ2v) is 4.21. The zero-order valence-corrected chi connectivity index (χ0v) is 8.79. The van der Waals surface area contributed by atoms with Crippen molar-refractivity contribution in [1.82, 2.24) is 4.90 Å². The van der Waals surface area contributed by atoms with Crippen molar-refractivity contribution in [3.63, 3.8) is 0 Å². The van der Waals surface area contributed by atoms with Gasteiger partial charge >= 0.3 is 0 Å². The number of carbonyl (C=O) groups excluding carboxylic acids is 1. The minimum atomic E-state index is 0.251. The molecular weight excluding hydrogens is 186 g/mol. The van der Waals surface area contributed by atoms with E-state index in [1.807, 2.05) is 11.9 Å². The van der Waals surface area contributed by atoms with Crippen LogP contribution in [0.5, 0.6) is 0 Å². The maximum absolute atomic E-state index is 11.6. The molecule has 15 heavy (non-hydrogen) atoms. The maximum Gasteiger partial charge on any atom is 0.226 e. The van der Waals surface area contributed by atoms with E-state index in [0.29, 0.717) is 6.42 Å². The number of likely N-dealkylation sites (N-methyl/N-ethyl adjacent to an activating group) is 1. The quantitative estimate of drug-likeness (QED) is 0.627. The fourth-order valence-corrected chi connectivity index (χ4v) is 2.56. The molecule has 0 saturated heterocycles. The summed E-state index contributed by atoms with van der Waals surface area (Å²) in [5.41, 5.74) is 5.32. The topological polar surface area (TPSA) is 20.3 Å². The van der Waals surface area contributed by atoms with Crippen LogP contribution in [0.3, 0.4) is 0 Å². The molecule has 1 aromatic carbocycles. The lowest BCUT2D eigenvalue weighted by Crippen LogP contribution is -2.29. The van der Waals surface area contributed by atoms with Gasteiger partial charge in [0.2, 0.25) is 5.91 Å². The number of carbonyl (C=O) groups is 1. The van der Waals surface area contributed by atoms with E-state index in [0.717, 1.165) is 12.8 Å². The molecule has 0 bridgehead atoms. The summed E-state index contributed by atoms with van der Waals surface area (Å²) in [6.45, 7) is 0. The molecule has 1 aliphatic carbocycles. The Morgan fingerprint density at radius 2 is 2.00 bits per heavy atom. The van der Waals surface area contributed by atoms with Gasteiger partial charge in [-0.3, -0.25) is 4.79 Å². The van der Waals surface area contributed by atoms with E-state index >= 15 is 0 Å². The van der Waals surface area contributed by atoms with Crippen molar-refractivity contribution in [3.8, 4) is 0 Å². The fraction of sp³-hybridized carbons (Fsp3) is 0.308. The molecule has 1 amide bonds. The zero-order chi connectivity index (χ0) is 10.4. The number of amides is 1. The second-order valence-electron chi connectivity index (χ2n) is 4.21. The Kier molecular flexibility index (Phi) is 1.72. The summed E-state index contributed by atoms with van der Waals surface area (Å²) in [6.07, 6.45) is 2.49. The highest BCUT2D eigenvalue weighted by molar-refractivity contribution is 5.89. The van der Waals surface area contributed by atoms with Crippen LogP contribution in [0.15, 0.2) is 30.0 Å². The summed E-state index contributed by atoms with van der Waals surface area (Å²) in [5, 5.41) is 0. The lowest BCUT2D eigenvalue weighted by Gasteiger charge is -2.25. The molecule has 2 nitrogen and oxygen atoms in total. The second kappa shape index (κ2) is 2.96. The van der Waals surface area contributed by atoms with Crippen molar-refractivity contribution in [2.45, 2.75) is 19.3 Å². The molecule has 0 radical (unpaired) electrons. The van der Waals surface area contributed by atoms with Crippen LogP contribution in [0.1, 0.15) is 24.0 Å². The summed E-state index contributed by atoms with van der Waals surface area (Å²) in [6, 6.07) is 8.47. The van der Waals surface area contributed by atoms with E-state index in [-0.39, 0.29) is 5.91 Å². The first-order valence-electron chi connectivity index (χ1n) is 5.34. The van der Waals surface area contributed by atoms with Crippen molar-refractivity contribution in [2.24, 2.45) is 0 Å². The van der Waals surface area contributed by atoms with Gasteiger partial charge in [0.1, 0.15) is 0 Å². The predicted molar refractivity (Wildman–Crippen MR) is 59.1 cm³/mol. The molecule has 0 spiro atoms. The van der Waals surface area contributed by atoms with E-state index in [9.17, 15) is 4.79 Å². The van der Waals surface area contributed by atoms with Crippen molar-refractivity contribution >= 4 is 11.5 Å². The number of allylic oxidation sites excluding steroid dienone is 2. The molecule has 76 valence electrons. The Labute approximate surface area is 89.2 Å². The van der Waals surface area contributed by atoms with Crippen LogP contribution < -0.4 is 0 Å². The van der Waals surface area contributed by atoms with Gasteiger partial charge in [0.05, 0.1) is 0 Å². The molecule has 0 aromatic heterocycles. The van der Waals surface area contributed by atoms with E-state index < -0.39 is 0 Å². The lowest BCUT2D eigenvalue weighted by atomic mass is 9.99. The van der Waals surface area contributed by atoms with Crippen molar-refractivity contribution in [1.29, 1.82) is 0 Å². The van der Waals surface area contributed by atoms with Crippen molar-refractivity contribution in [3.05, 3.63) is 41.1 Å². The van der Waals surface area contributed by atoms with Gasteiger partial charge in [-0.25, -0.2) is 0 Å². The number of rotatable bonds is 0. The standard InChI is InChI=1S/C13H13NO/c1-14-12-8-9-4-2-3-5-10(9)11(12)6-7-13(14)15/h2-5H,6-8H2,1H3. The van der Waals surface area contributed by atoms with Gasteiger partial charge in [0.25, 0.3) is 0 Å². The largest absolute Gasteiger partial charge is 0.319 e. The predicted octanol–water partition coefficient (Wildman–Crippen LogP) is 2.21. The average Bonchev–Trinajstić information content (AvgIpc) is 2.63. The normalized spacial score (nSPS) is 19.3. The molecule has 0 fully saturated rings. The van der Waals surface area contributed by atoms with Crippen LogP contribution in [0.4, 0.5) is 0 Å². The molecular formula is C13H13NO. The number of hydrogen-bond donors (Lipinski definition) is 0. The Bertz CT molecular complexity index is 473. The molecule has 3 rings (SSSR count). The Morgan fingerprint density at radius 1 is 1.20 bits per heavy atom. The van der Waals surface area contributed by atoms with Crippen molar-refractivity contribution in [2.75, 3.05) is 7.05 Å². The highest BCUT2D eigenvalue weighted by Crippen LogP contribution is 2.39. The Balaban J connectivity index is 2.12. The van der Waals surface area contributed by atoms with Gasteiger partial charge in [-0.2, -0.15) is 0 Å². The molecule has 1 heterocycles. The number of nitrogens with zero attached hydrogens (tertiary/aromatic N) is 1. The van der Waals surface area contributed by atoms with Gasteiger partial charge in [-0.15, -0.1) is 0 Å². The monoisotopic (exact) mass is 199 g/mol. The van der Waals surface area contributed by atoms with Crippen LogP contribution in [0.2, 0.25) is 0 Å². The molecule has 1 aromatic rings. The Hall–Kier alpha value is -1.57. The number of fused-ring (bicyclic) bond motifs is 2. The molecule has 2 heteroatoms. The number of benzene rings is 1. The first kappa shape index (κ1) is 8.72. The van der Waals surface area contributed by atoms with Gasteiger partial charge in [-0.05, 0) is 23.1 Å². The smallest absolute Gasteiger partial charge is 0.226 e. The average molecular weight is 199 g/mol. The number of hydrogen-bond acceptors (Lipinski definition) is 1. The van der Waals surface area contributed by atoms with Crippen LogP contribution in [-0.4, -0.2) is 17.9 Å². The van der Waals surface area contributed by atoms with Crippen LogP contribution in [0, 0.1) is 0 Å². The van der Waals surface area contributed by atoms with E-state index in [1.165, 1.54) is 22.4 Å². The maximum atomic E-state index is 11.6. The highest BCUT2D eigenvalue weighted by Gasteiger charge is 2.29. The SMILES string of the molecule is CN1C(=O)CCC2=C1Cc1ccccc12. The first-order chi connectivity index (χ1) is 7.27. The molecule has 1 aliphatic heterocycles. The van der Waals surface area contributed by atoms with Gasteiger partial charge in [0.15, 0.2) is 0 Å². The van der Waals surface area contributed by atoms with Gasteiger partial charge in [-0.1, -0.05) is 24.3 Å². The summed E-state index contributed by atoms with van der Waals surface area (Å²) >= 11 is 0. The molecule has 0 N–H and O–H groups in total. The van der Waals surface area contributed by atoms with Gasteiger partial charge in [0, 0.05) is 25.6 Å². The summed E-state index contributed by atoms with van der Waals surface area (Å²) in [5.74, 6) is 0.251. The molecule has 0 unspecified atom stereocenters. The zero-order valence-electron chi connectivity index (χ0n) is 8.79. The van der Waals surface area contributed by atoms with E-state index in [1.54, 1.807) is 0 Å². The molecule has 0 atom stereocenters. The lowest BCUT2D eigenvalue weighted by molar-refractivity contribution is -0.128. The minimum Gasteiger partial charge on any atom is -0.319 e. The van der Waals surface area contributed by atoms with E-state index in [2.05, 4.69) is 24.3 Å². The summed E-state index contributed by atoms with van der Waals surface area (Å²) < 4.78 is 0. The third kappa shape index (κ3) is 1.14. The van der Waals surface area contributed by atoms with Crippen LogP contribution in [0.25, 0.3) is 5.57 Å².